The number of imidazole rings is 1. The van der Waals surface area contributed by atoms with E-state index in [1.54, 1.807) is 6.20 Å². The van der Waals surface area contributed by atoms with Crippen LogP contribution in [0.4, 0.5) is 0 Å². The molecule has 2 atom stereocenters. The highest BCUT2D eigenvalue weighted by Crippen LogP contribution is 2.40. The van der Waals surface area contributed by atoms with Gasteiger partial charge in [0.2, 0.25) is 5.91 Å². The van der Waals surface area contributed by atoms with Crippen LogP contribution in [-0.2, 0) is 11.8 Å². The first kappa shape index (κ1) is 25.0. The fourth-order valence-corrected chi connectivity index (χ4v) is 5.66. The summed E-state index contributed by atoms with van der Waals surface area (Å²) >= 11 is 0. The standard InChI is InChI=1S/C29H33N5O3/c1-32-15-14-31-29(32)26-23(27(36)21-8-4-2-5-9-21)18-33(20-25(35)34-16-12-30-13-17-34)19-24(26)28(37)22-10-6-3-7-11-22/h2-11,14-15,23-24,26,30H,12-13,16-20H2,1H3. The van der Waals surface area contributed by atoms with Crippen LogP contribution in [0.1, 0.15) is 32.5 Å². The molecule has 0 spiro atoms. The first-order valence-corrected chi connectivity index (χ1v) is 12.9. The maximum atomic E-state index is 14.0. The number of nitrogens with zero attached hydrogens (tertiary/aromatic N) is 4. The van der Waals surface area contributed by atoms with Crippen LogP contribution in [0.15, 0.2) is 73.1 Å². The molecular formula is C29H33N5O3. The first-order chi connectivity index (χ1) is 18.0. The molecule has 8 heteroatoms. The largest absolute Gasteiger partial charge is 0.339 e. The van der Waals surface area contributed by atoms with Crippen molar-refractivity contribution >= 4 is 17.5 Å². The van der Waals surface area contributed by atoms with Gasteiger partial charge >= 0.3 is 0 Å². The fraction of sp³-hybridized carbons (Fsp3) is 0.379. The number of Topliss-reactive ketones (excluding diaryl/α,β-unsaturated/α-hetero) is 2. The summed E-state index contributed by atoms with van der Waals surface area (Å²) in [5.74, 6) is -0.759. The van der Waals surface area contributed by atoms with Crippen LogP contribution in [0.25, 0.3) is 0 Å². The minimum Gasteiger partial charge on any atom is -0.339 e. The Balaban J connectivity index is 1.52. The van der Waals surface area contributed by atoms with Crippen molar-refractivity contribution in [3.05, 3.63) is 90.0 Å². The number of rotatable bonds is 7. The third kappa shape index (κ3) is 5.40. The Morgan fingerprint density at radius 3 is 1.89 bits per heavy atom. The molecule has 1 amide bonds. The number of nitrogens with one attached hydrogen (secondary N) is 1. The van der Waals surface area contributed by atoms with Gasteiger partial charge < -0.3 is 14.8 Å². The van der Waals surface area contributed by atoms with Gasteiger partial charge in [-0.3, -0.25) is 19.3 Å². The Hall–Kier alpha value is -3.62. The number of aromatic nitrogens is 2. The van der Waals surface area contributed by atoms with E-state index in [1.807, 2.05) is 88.3 Å². The highest BCUT2D eigenvalue weighted by molar-refractivity contribution is 6.02. The van der Waals surface area contributed by atoms with E-state index in [0.29, 0.717) is 37.3 Å². The molecule has 8 nitrogen and oxygen atoms in total. The van der Waals surface area contributed by atoms with Crippen LogP contribution >= 0.6 is 0 Å². The summed E-state index contributed by atoms with van der Waals surface area (Å²) in [4.78, 5) is 49.6. The van der Waals surface area contributed by atoms with Crippen molar-refractivity contribution in [2.75, 3.05) is 45.8 Å². The van der Waals surface area contributed by atoms with Crippen LogP contribution in [-0.4, -0.2) is 82.6 Å². The van der Waals surface area contributed by atoms with Crippen molar-refractivity contribution in [3.63, 3.8) is 0 Å². The van der Waals surface area contributed by atoms with Crippen molar-refractivity contribution in [1.82, 2.24) is 24.7 Å². The number of aryl methyl sites for hydroxylation is 1. The summed E-state index contributed by atoms with van der Waals surface area (Å²) in [7, 11) is 1.90. The normalized spacial score (nSPS) is 22.5. The van der Waals surface area contributed by atoms with E-state index in [2.05, 4.69) is 10.3 Å². The van der Waals surface area contributed by atoms with Gasteiger partial charge in [-0.15, -0.1) is 0 Å². The number of hydrogen-bond acceptors (Lipinski definition) is 6. The van der Waals surface area contributed by atoms with Crippen LogP contribution in [0, 0.1) is 11.8 Å². The maximum Gasteiger partial charge on any atom is 0.236 e. The molecule has 5 rings (SSSR count). The Morgan fingerprint density at radius 1 is 0.865 bits per heavy atom. The lowest BCUT2D eigenvalue weighted by Gasteiger charge is -2.42. The van der Waals surface area contributed by atoms with E-state index < -0.39 is 17.8 Å². The molecule has 3 aromatic rings. The van der Waals surface area contributed by atoms with Gasteiger partial charge in [0, 0.05) is 87.6 Å². The molecule has 2 aromatic carbocycles. The van der Waals surface area contributed by atoms with Gasteiger partial charge in [0.15, 0.2) is 11.6 Å². The lowest BCUT2D eigenvalue weighted by atomic mass is 9.71. The van der Waals surface area contributed by atoms with E-state index in [0.717, 1.165) is 18.9 Å². The van der Waals surface area contributed by atoms with E-state index in [9.17, 15) is 14.4 Å². The number of piperidine rings is 1. The maximum absolute atomic E-state index is 14.0. The predicted molar refractivity (Wildman–Crippen MR) is 140 cm³/mol. The highest BCUT2D eigenvalue weighted by Gasteiger charge is 2.47. The smallest absolute Gasteiger partial charge is 0.236 e. The summed E-state index contributed by atoms with van der Waals surface area (Å²) in [5.41, 5.74) is 1.21. The van der Waals surface area contributed by atoms with Gasteiger partial charge in [-0.1, -0.05) is 60.7 Å². The zero-order chi connectivity index (χ0) is 25.8. The number of hydrogen-bond donors (Lipinski definition) is 1. The number of likely N-dealkylation sites (tertiary alicyclic amines) is 1. The number of amides is 1. The zero-order valence-electron chi connectivity index (χ0n) is 21.1. The summed E-state index contributed by atoms with van der Waals surface area (Å²) in [5, 5.41) is 3.27. The first-order valence-electron chi connectivity index (χ1n) is 12.9. The lowest BCUT2D eigenvalue weighted by Crippen LogP contribution is -2.55. The monoisotopic (exact) mass is 499 g/mol. The molecule has 0 aliphatic carbocycles. The minimum atomic E-state index is -0.522. The van der Waals surface area contributed by atoms with Gasteiger partial charge in [-0.05, 0) is 0 Å². The molecule has 1 aromatic heterocycles. The van der Waals surface area contributed by atoms with Gasteiger partial charge in [-0.25, -0.2) is 4.98 Å². The average molecular weight is 500 g/mol. The zero-order valence-corrected chi connectivity index (χ0v) is 21.1. The Labute approximate surface area is 217 Å². The van der Waals surface area contributed by atoms with E-state index in [-0.39, 0.29) is 24.0 Å². The van der Waals surface area contributed by atoms with Gasteiger partial charge in [0.25, 0.3) is 0 Å². The van der Waals surface area contributed by atoms with E-state index in [1.165, 1.54) is 0 Å². The van der Waals surface area contributed by atoms with Gasteiger partial charge in [0.05, 0.1) is 6.54 Å². The summed E-state index contributed by atoms with van der Waals surface area (Å²) in [6.45, 7) is 3.85. The van der Waals surface area contributed by atoms with Gasteiger partial charge in [-0.2, -0.15) is 0 Å². The van der Waals surface area contributed by atoms with Crippen LogP contribution in [0.3, 0.4) is 0 Å². The molecule has 2 fully saturated rings. The number of ketones is 2. The second kappa shape index (κ2) is 11.2. The van der Waals surface area contributed by atoms with Crippen molar-refractivity contribution in [3.8, 4) is 0 Å². The second-order valence-electron chi connectivity index (χ2n) is 9.92. The Kier molecular flexibility index (Phi) is 7.58. The van der Waals surface area contributed by atoms with Crippen molar-refractivity contribution in [1.29, 1.82) is 0 Å². The predicted octanol–water partition coefficient (Wildman–Crippen LogP) is 2.25. The molecule has 2 aliphatic rings. The van der Waals surface area contributed by atoms with Crippen molar-refractivity contribution in [2.24, 2.45) is 18.9 Å². The molecule has 0 bridgehead atoms. The van der Waals surface area contributed by atoms with E-state index in [4.69, 9.17) is 0 Å². The summed E-state index contributed by atoms with van der Waals surface area (Å²) < 4.78 is 1.91. The van der Waals surface area contributed by atoms with Crippen LogP contribution < -0.4 is 5.32 Å². The quantitative estimate of drug-likeness (QED) is 0.502. The molecule has 2 saturated heterocycles. The minimum absolute atomic E-state index is 0.0289. The molecule has 2 aliphatic heterocycles. The molecule has 3 heterocycles. The third-order valence-corrected chi connectivity index (χ3v) is 7.55. The lowest BCUT2D eigenvalue weighted by molar-refractivity contribution is -0.133. The van der Waals surface area contributed by atoms with Crippen molar-refractivity contribution < 1.29 is 14.4 Å². The molecule has 0 saturated carbocycles. The second-order valence-corrected chi connectivity index (χ2v) is 9.92. The molecular weight excluding hydrogens is 466 g/mol. The summed E-state index contributed by atoms with van der Waals surface area (Å²) in [6.07, 6.45) is 3.56. The Bertz CT molecular complexity index is 1180. The number of piperazine rings is 1. The number of carbonyl (C=O) groups is 3. The number of benzene rings is 2. The van der Waals surface area contributed by atoms with Crippen molar-refractivity contribution in [2.45, 2.75) is 5.92 Å². The van der Waals surface area contributed by atoms with E-state index >= 15 is 0 Å². The summed E-state index contributed by atoms with van der Waals surface area (Å²) in [6, 6.07) is 18.4. The topological polar surface area (TPSA) is 87.5 Å². The SMILES string of the molecule is Cn1ccnc1C1C(C(=O)c2ccccc2)CN(CC(=O)N2CCNCC2)CC1C(=O)c1ccccc1. The molecule has 1 N–H and O–H groups in total. The molecule has 37 heavy (non-hydrogen) atoms. The number of carbonyl (C=O) groups excluding carboxylic acids is 3. The third-order valence-electron chi connectivity index (χ3n) is 7.55. The molecule has 0 radical (unpaired) electrons. The van der Waals surface area contributed by atoms with Crippen LogP contribution in [0.2, 0.25) is 0 Å². The Morgan fingerprint density at radius 2 is 1.41 bits per heavy atom. The van der Waals surface area contributed by atoms with Crippen LogP contribution in [0.5, 0.6) is 0 Å². The van der Waals surface area contributed by atoms with Gasteiger partial charge in [0.1, 0.15) is 5.82 Å². The fourth-order valence-electron chi connectivity index (χ4n) is 5.66. The highest BCUT2D eigenvalue weighted by atomic mass is 16.2. The molecule has 192 valence electrons. The average Bonchev–Trinajstić information content (AvgIpc) is 3.38. The molecule has 2 unspecified atom stereocenters.